The number of aliphatic imine (C=N–C) groups is 1. The second-order valence-corrected chi connectivity index (χ2v) is 6.50. The Hall–Kier alpha value is -2.82. The minimum Gasteiger partial charge on any atom is -0.357 e. The molecule has 3 aromatic rings. The van der Waals surface area contributed by atoms with Crippen molar-refractivity contribution in [1.29, 1.82) is 0 Å². The Bertz CT molecular complexity index is 861. The van der Waals surface area contributed by atoms with Gasteiger partial charge in [0.25, 0.3) is 0 Å². The molecule has 3 rings (SSSR count). The van der Waals surface area contributed by atoms with Crippen molar-refractivity contribution in [2.45, 2.75) is 33.7 Å². The molecule has 5 heteroatoms. The molecule has 2 heterocycles. The van der Waals surface area contributed by atoms with Crippen LogP contribution in [-0.2, 0) is 13.0 Å². The number of rotatable bonds is 6. The fraction of sp³-hybridized carbons (Fsp3) is 0.333. The van der Waals surface area contributed by atoms with Crippen LogP contribution in [0.1, 0.15) is 29.3 Å². The lowest BCUT2D eigenvalue weighted by Crippen LogP contribution is -2.38. The van der Waals surface area contributed by atoms with Gasteiger partial charge in [-0.05, 0) is 44.0 Å². The highest BCUT2D eigenvalue weighted by atomic mass is 15.2. The second kappa shape index (κ2) is 8.52. The highest BCUT2D eigenvalue weighted by Crippen LogP contribution is 2.11. The largest absolute Gasteiger partial charge is 0.357 e. The standard InChI is InChI=1S/C21H27N5/c1-4-22-21(24-14-18-9-8-16(2)13-17(18)3)23-11-10-19-15-26-12-6-5-7-20(26)25-19/h5-9,12-13,15H,4,10-11,14H2,1-3H3,(H2,22,23,24). The molecule has 2 N–H and O–H groups in total. The summed E-state index contributed by atoms with van der Waals surface area (Å²) < 4.78 is 2.05. The van der Waals surface area contributed by atoms with Crippen LogP contribution in [-0.4, -0.2) is 28.4 Å². The van der Waals surface area contributed by atoms with E-state index < -0.39 is 0 Å². The van der Waals surface area contributed by atoms with Gasteiger partial charge in [0.05, 0.1) is 12.2 Å². The van der Waals surface area contributed by atoms with Gasteiger partial charge in [0, 0.05) is 31.9 Å². The van der Waals surface area contributed by atoms with Crippen LogP contribution >= 0.6 is 0 Å². The van der Waals surface area contributed by atoms with Crippen LogP contribution in [0.4, 0.5) is 0 Å². The number of aryl methyl sites for hydroxylation is 2. The molecule has 5 nitrogen and oxygen atoms in total. The highest BCUT2D eigenvalue weighted by Gasteiger charge is 2.03. The van der Waals surface area contributed by atoms with Gasteiger partial charge in [0.15, 0.2) is 5.96 Å². The van der Waals surface area contributed by atoms with E-state index in [0.717, 1.165) is 36.8 Å². The Morgan fingerprint density at radius 1 is 1.15 bits per heavy atom. The molecule has 0 aliphatic carbocycles. The van der Waals surface area contributed by atoms with E-state index in [0.29, 0.717) is 6.54 Å². The van der Waals surface area contributed by atoms with E-state index in [4.69, 9.17) is 4.99 Å². The third-order valence-corrected chi connectivity index (χ3v) is 4.34. The Labute approximate surface area is 155 Å². The van der Waals surface area contributed by atoms with Gasteiger partial charge in [-0.15, -0.1) is 0 Å². The van der Waals surface area contributed by atoms with Crippen molar-refractivity contribution in [1.82, 2.24) is 20.0 Å². The van der Waals surface area contributed by atoms with E-state index >= 15 is 0 Å². The Morgan fingerprint density at radius 2 is 2.04 bits per heavy atom. The van der Waals surface area contributed by atoms with Crippen molar-refractivity contribution in [3.63, 3.8) is 0 Å². The fourth-order valence-electron chi connectivity index (χ4n) is 2.95. The third-order valence-electron chi connectivity index (χ3n) is 4.34. The van der Waals surface area contributed by atoms with Crippen molar-refractivity contribution in [3.8, 4) is 0 Å². The summed E-state index contributed by atoms with van der Waals surface area (Å²) in [6.45, 7) is 8.65. The number of pyridine rings is 1. The van der Waals surface area contributed by atoms with E-state index in [1.807, 2.05) is 24.4 Å². The van der Waals surface area contributed by atoms with Crippen molar-refractivity contribution in [2.75, 3.05) is 13.1 Å². The van der Waals surface area contributed by atoms with Crippen molar-refractivity contribution in [3.05, 3.63) is 71.2 Å². The fourth-order valence-corrected chi connectivity index (χ4v) is 2.95. The van der Waals surface area contributed by atoms with Gasteiger partial charge in [0.1, 0.15) is 5.65 Å². The van der Waals surface area contributed by atoms with Gasteiger partial charge in [-0.1, -0.05) is 29.8 Å². The number of imidazole rings is 1. The summed E-state index contributed by atoms with van der Waals surface area (Å²) in [5.74, 6) is 0.844. The van der Waals surface area contributed by atoms with Gasteiger partial charge in [-0.25, -0.2) is 9.98 Å². The zero-order valence-corrected chi connectivity index (χ0v) is 15.8. The third kappa shape index (κ3) is 4.63. The summed E-state index contributed by atoms with van der Waals surface area (Å²) in [7, 11) is 0. The second-order valence-electron chi connectivity index (χ2n) is 6.50. The normalized spacial score (nSPS) is 11.7. The van der Waals surface area contributed by atoms with Gasteiger partial charge >= 0.3 is 0 Å². The minimum atomic E-state index is 0.676. The SMILES string of the molecule is CCNC(=NCc1ccc(C)cc1C)NCCc1cn2ccccc2n1. The number of hydrogen-bond donors (Lipinski definition) is 2. The molecule has 0 aliphatic rings. The number of aromatic nitrogens is 2. The molecule has 0 fully saturated rings. The van der Waals surface area contributed by atoms with E-state index in [2.05, 4.69) is 65.2 Å². The number of benzene rings is 1. The van der Waals surface area contributed by atoms with E-state index in [1.54, 1.807) is 0 Å². The van der Waals surface area contributed by atoms with Crippen molar-refractivity contribution >= 4 is 11.6 Å². The lowest BCUT2D eigenvalue weighted by Gasteiger charge is -2.11. The number of fused-ring (bicyclic) bond motifs is 1. The molecule has 0 radical (unpaired) electrons. The van der Waals surface area contributed by atoms with Gasteiger partial charge in [-0.3, -0.25) is 0 Å². The van der Waals surface area contributed by atoms with Gasteiger partial charge < -0.3 is 15.0 Å². The molecule has 0 atom stereocenters. The molecule has 26 heavy (non-hydrogen) atoms. The molecule has 0 saturated carbocycles. The number of nitrogens with one attached hydrogen (secondary N) is 2. The predicted octanol–water partition coefficient (Wildman–Crippen LogP) is 3.25. The molecule has 0 aliphatic heterocycles. The zero-order chi connectivity index (χ0) is 18.4. The lowest BCUT2D eigenvalue weighted by atomic mass is 10.1. The lowest BCUT2D eigenvalue weighted by molar-refractivity contribution is 0.791. The van der Waals surface area contributed by atoms with Crippen LogP contribution in [0, 0.1) is 13.8 Å². The van der Waals surface area contributed by atoms with E-state index in [-0.39, 0.29) is 0 Å². The maximum atomic E-state index is 4.72. The quantitative estimate of drug-likeness (QED) is 0.531. The first-order chi connectivity index (χ1) is 12.7. The van der Waals surface area contributed by atoms with Crippen LogP contribution < -0.4 is 10.6 Å². The highest BCUT2D eigenvalue weighted by molar-refractivity contribution is 5.79. The first kappa shape index (κ1) is 18.0. The average molecular weight is 349 g/mol. The maximum Gasteiger partial charge on any atom is 0.191 e. The maximum absolute atomic E-state index is 4.72. The molecule has 0 saturated heterocycles. The van der Waals surface area contributed by atoms with E-state index in [1.165, 1.54) is 16.7 Å². The van der Waals surface area contributed by atoms with Crippen LogP contribution in [0.15, 0.2) is 53.8 Å². The summed E-state index contributed by atoms with van der Waals surface area (Å²) in [5, 5.41) is 6.71. The van der Waals surface area contributed by atoms with Crippen LogP contribution in [0.5, 0.6) is 0 Å². The molecule has 2 aromatic heterocycles. The summed E-state index contributed by atoms with van der Waals surface area (Å²) in [4.78, 5) is 9.35. The molecule has 0 amide bonds. The topological polar surface area (TPSA) is 53.7 Å². The molecule has 136 valence electrons. The Morgan fingerprint density at radius 3 is 2.81 bits per heavy atom. The summed E-state index contributed by atoms with van der Waals surface area (Å²) in [5.41, 5.74) is 5.89. The monoisotopic (exact) mass is 349 g/mol. The van der Waals surface area contributed by atoms with Crippen LogP contribution in [0.2, 0.25) is 0 Å². The summed E-state index contributed by atoms with van der Waals surface area (Å²) >= 11 is 0. The van der Waals surface area contributed by atoms with Crippen LogP contribution in [0.25, 0.3) is 5.65 Å². The molecule has 1 aromatic carbocycles. The molecule has 0 unspecified atom stereocenters. The van der Waals surface area contributed by atoms with Crippen molar-refractivity contribution in [2.24, 2.45) is 4.99 Å². The number of guanidine groups is 1. The predicted molar refractivity (Wildman–Crippen MR) is 108 cm³/mol. The zero-order valence-electron chi connectivity index (χ0n) is 15.8. The minimum absolute atomic E-state index is 0.676. The molecule has 0 bridgehead atoms. The Balaban J connectivity index is 1.58. The van der Waals surface area contributed by atoms with E-state index in [9.17, 15) is 0 Å². The van der Waals surface area contributed by atoms with Gasteiger partial charge in [-0.2, -0.15) is 0 Å². The first-order valence-electron chi connectivity index (χ1n) is 9.16. The number of hydrogen-bond acceptors (Lipinski definition) is 2. The average Bonchev–Trinajstić information content (AvgIpc) is 3.03. The van der Waals surface area contributed by atoms with Crippen molar-refractivity contribution < 1.29 is 0 Å². The smallest absolute Gasteiger partial charge is 0.191 e. The molecular weight excluding hydrogens is 322 g/mol. The number of nitrogens with zero attached hydrogens (tertiary/aromatic N) is 3. The van der Waals surface area contributed by atoms with Crippen LogP contribution in [0.3, 0.4) is 0 Å². The Kier molecular flexibility index (Phi) is 5.89. The van der Waals surface area contributed by atoms with Gasteiger partial charge in [0.2, 0.25) is 0 Å². The summed E-state index contributed by atoms with van der Waals surface area (Å²) in [6, 6.07) is 12.5. The molecule has 0 spiro atoms. The molecular formula is C21H27N5. The first-order valence-corrected chi connectivity index (χ1v) is 9.16. The summed E-state index contributed by atoms with van der Waals surface area (Å²) in [6.07, 6.45) is 4.96.